The largest absolute Gasteiger partial charge is 0.362 e. The number of hydrogen-bond donors (Lipinski definition) is 2. The van der Waals surface area contributed by atoms with Gasteiger partial charge in [0, 0.05) is 23.7 Å². The number of benzene rings is 1. The van der Waals surface area contributed by atoms with E-state index >= 15 is 0 Å². The average molecular weight is 295 g/mol. The molecule has 6 nitrogen and oxygen atoms in total. The highest BCUT2D eigenvalue weighted by molar-refractivity contribution is 7.80. The van der Waals surface area contributed by atoms with Crippen LogP contribution in [0, 0.1) is 23.0 Å². The maximum atomic E-state index is 11.9. The van der Waals surface area contributed by atoms with Crippen LogP contribution in [0.3, 0.4) is 0 Å². The zero-order chi connectivity index (χ0) is 15.3. The molecule has 0 aliphatic heterocycles. The summed E-state index contributed by atoms with van der Waals surface area (Å²) in [5, 5.41) is 16.4. The highest BCUT2D eigenvalue weighted by Crippen LogP contribution is 2.19. The second-order valence-corrected chi connectivity index (χ2v) is 5.22. The summed E-state index contributed by atoms with van der Waals surface area (Å²) in [4.78, 5) is 22.2. The third-order valence-electron chi connectivity index (χ3n) is 2.57. The molecular formula is C13H17N3O3S. The summed E-state index contributed by atoms with van der Waals surface area (Å²) in [5.74, 6) is -0.0697. The molecule has 0 unspecified atom stereocenters. The molecule has 0 aliphatic rings. The maximum Gasteiger partial charge on any atom is 0.273 e. The lowest BCUT2D eigenvalue weighted by molar-refractivity contribution is -0.385. The molecule has 0 atom stereocenters. The van der Waals surface area contributed by atoms with Gasteiger partial charge in [0.25, 0.3) is 11.6 Å². The van der Waals surface area contributed by atoms with E-state index in [1.807, 2.05) is 13.8 Å². The van der Waals surface area contributed by atoms with Gasteiger partial charge in [0.15, 0.2) is 5.11 Å². The van der Waals surface area contributed by atoms with Crippen LogP contribution in [0.4, 0.5) is 5.69 Å². The first-order chi connectivity index (χ1) is 9.31. The monoisotopic (exact) mass is 295 g/mol. The van der Waals surface area contributed by atoms with Crippen LogP contribution in [0.5, 0.6) is 0 Å². The molecule has 0 saturated heterocycles. The number of nitro benzene ring substituents is 1. The van der Waals surface area contributed by atoms with Crippen LogP contribution in [-0.2, 0) is 0 Å². The van der Waals surface area contributed by atoms with Crippen molar-refractivity contribution in [3.8, 4) is 0 Å². The highest BCUT2D eigenvalue weighted by atomic mass is 32.1. The van der Waals surface area contributed by atoms with E-state index in [2.05, 4.69) is 10.6 Å². The number of amides is 1. The van der Waals surface area contributed by atoms with Crippen molar-refractivity contribution in [2.45, 2.75) is 20.8 Å². The van der Waals surface area contributed by atoms with Crippen molar-refractivity contribution in [2.75, 3.05) is 6.54 Å². The predicted octanol–water partition coefficient (Wildman–Crippen LogP) is 2.16. The van der Waals surface area contributed by atoms with Gasteiger partial charge < -0.3 is 5.32 Å². The number of nitro groups is 1. The summed E-state index contributed by atoms with van der Waals surface area (Å²) in [6, 6.07) is 4.32. The van der Waals surface area contributed by atoms with E-state index in [1.54, 1.807) is 6.92 Å². The quantitative estimate of drug-likeness (QED) is 0.505. The van der Waals surface area contributed by atoms with Crippen LogP contribution in [0.25, 0.3) is 0 Å². The first kappa shape index (κ1) is 16.0. The first-order valence-electron chi connectivity index (χ1n) is 6.15. The molecule has 0 aliphatic carbocycles. The number of hydrogen-bond acceptors (Lipinski definition) is 4. The minimum Gasteiger partial charge on any atom is -0.362 e. The summed E-state index contributed by atoms with van der Waals surface area (Å²) >= 11 is 4.98. The van der Waals surface area contributed by atoms with Crippen LogP contribution in [-0.4, -0.2) is 22.5 Å². The maximum absolute atomic E-state index is 11.9. The molecule has 7 heteroatoms. The van der Waals surface area contributed by atoms with Crippen LogP contribution in [0.2, 0.25) is 0 Å². The Morgan fingerprint density at radius 2 is 2.10 bits per heavy atom. The van der Waals surface area contributed by atoms with Gasteiger partial charge >= 0.3 is 0 Å². The lowest BCUT2D eigenvalue weighted by Crippen LogP contribution is -2.40. The number of aryl methyl sites for hydroxylation is 1. The van der Waals surface area contributed by atoms with Crippen LogP contribution in [0.1, 0.15) is 29.8 Å². The van der Waals surface area contributed by atoms with Gasteiger partial charge in [-0.15, -0.1) is 0 Å². The molecule has 0 aromatic heterocycles. The van der Waals surface area contributed by atoms with E-state index in [-0.39, 0.29) is 16.4 Å². The molecule has 1 rings (SSSR count). The molecule has 0 saturated carbocycles. The third-order valence-corrected chi connectivity index (χ3v) is 2.81. The molecule has 20 heavy (non-hydrogen) atoms. The molecular weight excluding hydrogens is 278 g/mol. The molecule has 0 heterocycles. The summed E-state index contributed by atoms with van der Waals surface area (Å²) in [6.45, 7) is 6.29. The molecule has 1 aromatic carbocycles. The van der Waals surface area contributed by atoms with Crippen LogP contribution < -0.4 is 10.6 Å². The van der Waals surface area contributed by atoms with Crippen LogP contribution >= 0.6 is 12.2 Å². The fourth-order valence-electron chi connectivity index (χ4n) is 1.46. The van der Waals surface area contributed by atoms with Gasteiger partial charge in [-0.2, -0.15) is 0 Å². The lowest BCUT2D eigenvalue weighted by Gasteiger charge is -2.11. The van der Waals surface area contributed by atoms with Gasteiger partial charge in [0.1, 0.15) is 0 Å². The molecule has 0 spiro atoms. The van der Waals surface area contributed by atoms with Crippen molar-refractivity contribution in [1.82, 2.24) is 10.6 Å². The molecule has 2 N–H and O–H groups in total. The number of thiocarbonyl (C=S) groups is 1. The molecule has 0 fully saturated rings. The Morgan fingerprint density at radius 3 is 2.65 bits per heavy atom. The first-order valence-corrected chi connectivity index (χ1v) is 6.56. The topological polar surface area (TPSA) is 84.3 Å². The molecule has 0 radical (unpaired) electrons. The molecule has 1 aromatic rings. The van der Waals surface area contributed by atoms with Gasteiger partial charge in [0.05, 0.1) is 4.92 Å². The second kappa shape index (κ2) is 6.95. The third kappa shape index (κ3) is 4.58. The highest BCUT2D eigenvalue weighted by Gasteiger charge is 2.15. The second-order valence-electron chi connectivity index (χ2n) is 4.82. The van der Waals surface area contributed by atoms with Crippen molar-refractivity contribution >= 4 is 28.9 Å². The van der Waals surface area contributed by atoms with E-state index < -0.39 is 10.8 Å². The number of rotatable bonds is 4. The zero-order valence-electron chi connectivity index (χ0n) is 11.6. The molecule has 108 valence electrons. The van der Waals surface area contributed by atoms with Gasteiger partial charge in [-0.05, 0) is 31.1 Å². The summed E-state index contributed by atoms with van der Waals surface area (Å²) in [6.07, 6.45) is 0. The SMILES string of the molecule is Cc1ccc(C(=O)NC(=S)NCC(C)C)cc1[N+](=O)[O-]. The van der Waals surface area contributed by atoms with E-state index in [0.717, 1.165) is 0 Å². The zero-order valence-corrected chi connectivity index (χ0v) is 12.4. The minimum atomic E-state index is -0.512. The van der Waals surface area contributed by atoms with E-state index in [4.69, 9.17) is 12.2 Å². The Balaban J connectivity index is 2.75. The minimum absolute atomic E-state index is 0.0845. The number of nitrogens with zero attached hydrogens (tertiary/aromatic N) is 1. The number of carbonyl (C=O) groups excluding carboxylic acids is 1. The normalized spacial score (nSPS) is 10.2. The summed E-state index contributed by atoms with van der Waals surface area (Å²) < 4.78 is 0. The Bertz CT molecular complexity index is 544. The van der Waals surface area contributed by atoms with E-state index in [1.165, 1.54) is 18.2 Å². The van der Waals surface area contributed by atoms with E-state index in [9.17, 15) is 14.9 Å². The number of carbonyl (C=O) groups is 1. The van der Waals surface area contributed by atoms with Gasteiger partial charge in [-0.1, -0.05) is 19.9 Å². The van der Waals surface area contributed by atoms with Crippen molar-refractivity contribution in [3.05, 3.63) is 39.4 Å². The molecule has 1 amide bonds. The fourth-order valence-corrected chi connectivity index (χ4v) is 1.64. The van der Waals surface area contributed by atoms with Gasteiger partial charge in [-0.3, -0.25) is 20.2 Å². The fraction of sp³-hybridized carbons (Fsp3) is 0.385. The Hall–Kier alpha value is -2.02. The smallest absolute Gasteiger partial charge is 0.273 e. The van der Waals surface area contributed by atoms with Gasteiger partial charge in [0.2, 0.25) is 0 Å². The Kier molecular flexibility index (Phi) is 5.57. The van der Waals surface area contributed by atoms with Crippen molar-refractivity contribution in [3.63, 3.8) is 0 Å². The van der Waals surface area contributed by atoms with Crippen molar-refractivity contribution < 1.29 is 9.72 Å². The Labute approximate surface area is 122 Å². The van der Waals surface area contributed by atoms with Gasteiger partial charge in [-0.25, -0.2) is 0 Å². The summed E-state index contributed by atoms with van der Waals surface area (Å²) in [7, 11) is 0. The number of nitrogens with one attached hydrogen (secondary N) is 2. The van der Waals surface area contributed by atoms with Crippen molar-refractivity contribution in [1.29, 1.82) is 0 Å². The average Bonchev–Trinajstić information content (AvgIpc) is 2.36. The Morgan fingerprint density at radius 1 is 1.45 bits per heavy atom. The standard InChI is InChI=1S/C13H17N3O3S/c1-8(2)7-14-13(20)15-12(17)10-5-4-9(3)11(6-10)16(18)19/h4-6,8H,7H2,1-3H3,(H2,14,15,17,20). The summed E-state index contributed by atoms with van der Waals surface area (Å²) in [5.41, 5.74) is 0.627. The molecule has 0 bridgehead atoms. The van der Waals surface area contributed by atoms with Crippen molar-refractivity contribution in [2.24, 2.45) is 5.92 Å². The lowest BCUT2D eigenvalue weighted by atomic mass is 10.1. The van der Waals surface area contributed by atoms with E-state index in [0.29, 0.717) is 18.0 Å². The van der Waals surface area contributed by atoms with Crippen LogP contribution in [0.15, 0.2) is 18.2 Å². The predicted molar refractivity (Wildman–Crippen MR) is 80.7 cm³/mol.